The van der Waals surface area contributed by atoms with Crippen LogP contribution in [0.2, 0.25) is 0 Å². The zero-order chi connectivity index (χ0) is 12.9. The van der Waals surface area contributed by atoms with Crippen LogP contribution in [0.1, 0.15) is 46.1 Å². The maximum absolute atomic E-state index is 5.78. The highest BCUT2D eigenvalue weighted by Gasteiger charge is 2.33. The predicted octanol–water partition coefficient (Wildman–Crippen LogP) is 3.23. The molecule has 1 aromatic carbocycles. The van der Waals surface area contributed by atoms with Crippen LogP contribution in [0.5, 0.6) is 0 Å². The van der Waals surface area contributed by atoms with E-state index in [1.165, 1.54) is 18.4 Å². The Hall–Kier alpha value is -0.860. The fourth-order valence-corrected chi connectivity index (χ4v) is 2.75. The molecule has 0 heterocycles. The summed E-state index contributed by atoms with van der Waals surface area (Å²) in [6, 6.07) is 10.9. The molecule has 0 aliphatic carbocycles. The van der Waals surface area contributed by atoms with E-state index in [4.69, 9.17) is 5.84 Å². The lowest BCUT2D eigenvalue weighted by molar-refractivity contribution is 0.248. The van der Waals surface area contributed by atoms with E-state index in [1.807, 2.05) is 0 Å². The summed E-state index contributed by atoms with van der Waals surface area (Å²) in [6.07, 6.45) is 2.40. The van der Waals surface area contributed by atoms with Crippen LogP contribution in [0, 0.1) is 5.92 Å². The molecule has 0 aliphatic heterocycles. The van der Waals surface area contributed by atoms with Crippen LogP contribution in [-0.2, 0) is 5.41 Å². The van der Waals surface area contributed by atoms with E-state index in [1.54, 1.807) is 0 Å². The van der Waals surface area contributed by atoms with Gasteiger partial charge in [0.25, 0.3) is 0 Å². The third kappa shape index (κ3) is 3.30. The molecule has 2 nitrogen and oxygen atoms in total. The second-order valence-corrected chi connectivity index (χ2v) is 5.50. The van der Waals surface area contributed by atoms with Crippen LogP contribution in [0.4, 0.5) is 0 Å². The van der Waals surface area contributed by atoms with Gasteiger partial charge >= 0.3 is 0 Å². The topological polar surface area (TPSA) is 38.0 Å². The van der Waals surface area contributed by atoms with Crippen LogP contribution >= 0.6 is 0 Å². The molecular weight excluding hydrogens is 208 g/mol. The third-order valence-corrected chi connectivity index (χ3v) is 3.79. The maximum Gasteiger partial charge on any atom is 0.0327 e. The highest BCUT2D eigenvalue weighted by molar-refractivity contribution is 5.26. The molecule has 2 heteroatoms. The number of hydrogen-bond donors (Lipinski definition) is 2. The Morgan fingerprint density at radius 3 is 2.29 bits per heavy atom. The first-order valence-corrected chi connectivity index (χ1v) is 6.55. The van der Waals surface area contributed by atoms with Gasteiger partial charge in [0.15, 0.2) is 0 Å². The van der Waals surface area contributed by atoms with E-state index >= 15 is 0 Å². The first kappa shape index (κ1) is 14.2. The molecule has 0 bridgehead atoms. The summed E-state index contributed by atoms with van der Waals surface area (Å²) in [4.78, 5) is 0. The smallest absolute Gasteiger partial charge is 0.0327 e. The number of nitrogens with two attached hydrogens (primary N) is 1. The SMILES string of the molecule is CCCC(C)C(NN)C(C)(C)c1ccccc1. The van der Waals surface area contributed by atoms with Gasteiger partial charge < -0.3 is 0 Å². The molecule has 0 saturated carbocycles. The highest BCUT2D eigenvalue weighted by Crippen LogP contribution is 2.32. The largest absolute Gasteiger partial charge is 0.271 e. The van der Waals surface area contributed by atoms with E-state index < -0.39 is 0 Å². The lowest BCUT2D eigenvalue weighted by Crippen LogP contribution is -2.51. The minimum absolute atomic E-state index is 0.0462. The van der Waals surface area contributed by atoms with Gasteiger partial charge in [-0.3, -0.25) is 11.3 Å². The standard InChI is InChI=1S/C15H26N2/c1-5-9-12(2)14(17-16)15(3,4)13-10-7-6-8-11-13/h6-8,10-12,14,17H,5,9,16H2,1-4H3. The molecule has 1 rings (SSSR count). The van der Waals surface area contributed by atoms with Gasteiger partial charge in [-0.25, -0.2) is 0 Å². The summed E-state index contributed by atoms with van der Waals surface area (Å²) in [6.45, 7) is 9.02. The quantitative estimate of drug-likeness (QED) is 0.586. The molecule has 0 spiro atoms. The number of rotatable bonds is 6. The van der Waals surface area contributed by atoms with E-state index in [9.17, 15) is 0 Å². The van der Waals surface area contributed by atoms with Crippen LogP contribution in [0.15, 0.2) is 30.3 Å². The van der Waals surface area contributed by atoms with E-state index in [0.717, 1.165) is 0 Å². The molecule has 1 aromatic rings. The summed E-state index contributed by atoms with van der Waals surface area (Å²) >= 11 is 0. The average molecular weight is 234 g/mol. The molecule has 3 N–H and O–H groups in total. The third-order valence-electron chi connectivity index (χ3n) is 3.79. The second kappa shape index (κ2) is 6.18. The molecule has 0 amide bonds. The summed E-state index contributed by atoms with van der Waals surface area (Å²) in [5, 5.41) is 0. The zero-order valence-electron chi connectivity index (χ0n) is 11.5. The van der Waals surface area contributed by atoms with Crippen molar-refractivity contribution in [3.05, 3.63) is 35.9 Å². The molecule has 0 aromatic heterocycles. The van der Waals surface area contributed by atoms with E-state index in [-0.39, 0.29) is 5.41 Å². The van der Waals surface area contributed by atoms with Crippen LogP contribution in [0.3, 0.4) is 0 Å². The highest BCUT2D eigenvalue weighted by atomic mass is 15.2. The molecule has 0 aliphatic rings. The van der Waals surface area contributed by atoms with Gasteiger partial charge in [-0.15, -0.1) is 0 Å². The predicted molar refractivity (Wildman–Crippen MR) is 74.7 cm³/mol. The molecule has 0 fully saturated rings. The van der Waals surface area contributed by atoms with Crippen molar-refractivity contribution in [3.63, 3.8) is 0 Å². The summed E-state index contributed by atoms with van der Waals surface area (Å²) in [7, 11) is 0. The fraction of sp³-hybridized carbons (Fsp3) is 0.600. The van der Waals surface area contributed by atoms with Crippen LogP contribution in [0.25, 0.3) is 0 Å². The molecular formula is C15H26N2. The Kier molecular flexibility index (Phi) is 5.16. The van der Waals surface area contributed by atoms with Gasteiger partial charge in [-0.05, 0) is 17.9 Å². The Bertz CT molecular complexity index is 319. The minimum atomic E-state index is 0.0462. The normalized spacial score (nSPS) is 15.6. The van der Waals surface area contributed by atoms with E-state index in [0.29, 0.717) is 12.0 Å². The zero-order valence-corrected chi connectivity index (χ0v) is 11.5. The number of nitrogens with one attached hydrogen (secondary N) is 1. The van der Waals surface area contributed by atoms with Gasteiger partial charge in [-0.2, -0.15) is 0 Å². The lowest BCUT2D eigenvalue weighted by Gasteiger charge is -2.38. The second-order valence-electron chi connectivity index (χ2n) is 5.50. The van der Waals surface area contributed by atoms with Crippen molar-refractivity contribution >= 4 is 0 Å². The van der Waals surface area contributed by atoms with Gasteiger partial charge in [0.05, 0.1) is 0 Å². The van der Waals surface area contributed by atoms with Crippen molar-refractivity contribution in [2.24, 2.45) is 11.8 Å². The molecule has 2 unspecified atom stereocenters. The van der Waals surface area contributed by atoms with Gasteiger partial charge in [-0.1, -0.05) is 64.4 Å². The fourth-order valence-electron chi connectivity index (χ4n) is 2.75. The number of hydrogen-bond acceptors (Lipinski definition) is 2. The Morgan fingerprint density at radius 1 is 1.24 bits per heavy atom. The average Bonchev–Trinajstić information content (AvgIpc) is 2.31. The molecule has 2 atom stereocenters. The first-order valence-electron chi connectivity index (χ1n) is 6.55. The summed E-state index contributed by atoms with van der Waals surface area (Å²) < 4.78 is 0. The summed E-state index contributed by atoms with van der Waals surface area (Å²) in [5.74, 6) is 6.35. The van der Waals surface area contributed by atoms with Gasteiger partial charge in [0.1, 0.15) is 0 Å². The van der Waals surface area contributed by atoms with Crippen molar-refractivity contribution in [2.45, 2.75) is 52.0 Å². The van der Waals surface area contributed by atoms with Crippen LogP contribution in [-0.4, -0.2) is 6.04 Å². The van der Waals surface area contributed by atoms with Crippen molar-refractivity contribution < 1.29 is 0 Å². The van der Waals surface area contributed by atoms with E-state index in [2.05, 4.69) is 63.5 Å². The number of benzene rings is 1. The first-order chi connectivity index (χ1) is 8.04. The van der Waals surface area contributed by atoms with Gasteiger partial charge in [0, 0.05) is 11.5 Å². The van der Waals surface area contributed by atoms with Crippen LogP contribution < -0.4 is 11.3 Å². The molecule has 17 heavy (non-hydrogen) atoms. The molecule has 96 valence electrons. The number of hydrazine groups is 1. The molecule has 0 saturated heterocycles. The Morgan fingerprint density at radius 2 is 1.82 bits per heavy atom. The monoisotopic (exact) mass is 234 g/mol. The Labute approximate surface area is 106 Å². The van der Waals surface area contributed by atoms with Gasteiger partial charge in [0.2, 0.25) is 0 Å². The lowest BCUT2D eigenvalue weighted by atomic mass is 9.72. The summed E-state index contributed by atoms with van der Waals surface area (Å²) in [5.41, 5.74) is 4.41. The minimum Gasteiger partial charge on any atom is -0.271 e. The van der Waals surface area contributed by atoms with Crippen molar-refractivity contribution in [3.8, 4) is 0 Å². The Balaban J connectivity index is 2.93. The van der Waals surface area contributed by atoms with Crippen molar-refractivity contribution in [1.29, 1.82) is 0 Å². The van der Waals surface area contributed by atoms with Crippen molar-refractivity contribution in [2.75, 3.05) is 0 Å². The maximum atomic E-state index is 5.78. The molecule has 0 radical (unpaired) electrons. The van der Waals surface area contributed by atoms with Crippen molar-refractivity contribution in [1.82, 2.24) is 5.43 Å².